The van der Waals surface area contributed by atoms with Gasteiger partial charge in [-0.2, -0.15) is 0 Å². The molecule has 0 aliphatic carbocycles. The van der Waals surface area contributed by atoms with Gasteiger partial charge in [-0.3, -0.25) is 4.90 Å². The summed E-state index contributed by atoms with van der Waals surface area (Å²) >= 11 is 0. The highest BCUT2D eigenvalue weighted by molar-refractivity contribution is 7.91. The van der Waals surface area contributed by atoms with Gasteiger partial charge in [-0.25, -0.2) is 8.42 Å². The molecule has 0 aliphatic heterocycles. The Morgan fingerprint density at radius 1 is 1.18 bits per heavy atom. The van der Waals surface area contributed by atoms with Crippen LogP contribution in [0.3, 0.4) is 0 Å². The molecule has 0 radical (unpaired) electrons. The number of sulfone groups is 1. The highest BCUT2D eigenvalue weighted by Gasteiger charge is 2.18. The van der Waals surface area contributed by atoms with E-state index in [2.05, 4.69) is 18.1 Å². The molecule has 1 aromatic carbocycles. The molecule has 0 fully saturated rings. The van der Waals surface area contributed by atoms with Crippen molar-refractivity contribution in [2.75, 3.05) is 25.4 Å². The molecule has 2 N–H and O–H groups in total. The van der Waals surface area contributed by atoms with Crippen molar-refractivity contribution in [3.05, 3.63) is 55.1 Å². The fraction of sp³-hybridized carbons (Fsp3) is 0.412. The molecule has 0 heterocycles. The maximum absolute atomic E-state index is 12.1. The van der Waals surface area contributed by atoms with Crippen LogP contribution in [0.4, 0.5) is 0 Å². The summed E-state index contributed by atoms with van der Waals surface area (Å²) in [5.41, 5.74) is 6.91. The van der Waals surface area contributed by atoms with E-state index in [-0.39, 0.29) is 11.8 Å². The van der Waals surface area contributed by atoms with E-state index in [0.717, 1.165) is 5.56 Å². The van der Waals surface area contributed by atoms with E-state index < -0.39 is 9.84 Å². The topological polar surface area (TPSA) is 63.4 Å². The van der Waals surface area contributed by atoms with Crippen LogP contribution in [0.5, 0.6) is 0 Å². The molecule has 0 bridgehead atoms. The Balaban J connectivity index is 3.04. The average molecular weight is 322 g/mol. The highest BCUT2D eigenvalue weighted by Crippen LogP contribution is 2.22. The van der Waals surface area contributed by atoms with Crippen molar-refractivity contribution in [3.8, 4) is 0 Å². The Morgan fingerprint density at radius 2 is 1.73 bits per heavy atom. The van der Waals surface area contributed by atoms with Gasteiger partial charge in [0.15, 0.2) is 9.84 Å². The molecule has 1 aromatic rings. The largest absolute Gasteiger partial charge is 0.329 e. The molecule has 0 amide bonds. The Labute approximate surface area is 134 Å². The second-order valence-electron chi connectivity index (χ2n) is 5.17. The predicted molar refractivity (Wildman–Crippen MR) is 92.5 cm³/mol. The van der Waals surface area contributed by atoms with Crippen LogP contribution in [0, 0.1) is 0 Å². The highest BCUT2D eigenvalue weighted by atomic mass is 32.2. The lowest BCUT2D eigenvalue weighted by molar-refractivity contribution is 0.248. The summed E-state index contributed by atoms with van der Waals surface area (Å²) in [7, 11) is -3.18. The molecule has 22 heavy (non-hydrogen) atoms. The third-order valence-electron chi connectivity index (χ3n) is 3.49. The number of nitrogens with two attached hydrogens (primary N) is 1. The number of nitrogens with zero attached hydrogens (tertiary/aromatic N) is 1. The normalized spacial score (nSPS) is 13.0. The van der Waals surface area contributed by atoms with Gasteiger partial charge in [-0.1, -0.05) is 31.2 Å². The van der Waals surface area contributed by atoms with Gasteiger partial charge in [0.25, 0.3) is 0 Å². The third-order valence-corrected chi connectivity index (χ3v) is 5.42. The molecular weight excluding hydrogens is 296 g/mol. The zero-order valence-corrected chi connectivity index (χ0v) is 14.1. The van der Waals surface area contributed by atoms with Crippen molar-refractivity contribution in [2.45, 2.75) is 24.3 Å². The molecule has 1 atom stereocenters. The van der Waals surface area contributed by atoms with E-state index in [4.69, 9.17) is 5.73 Å². The summed E-state index contributed by atoms with van der Waals surface area (Å²) in [5, 5.41) is 0. The van der Waals surface area contributed by atoms with E-state index in [9.17, 15) is 8.42 Å². The zero-order chi connectivity index (χ0) is 16.6. The van der Waals surface area contributed by atoms with Crippen molar-refractivity contribution >= 4 is 9.84 Å². The van der Waals surface area contributed by atoms with Crippen LogP contribution in [0.2, 0.25) is 0 Å². The molecule has 0 saturated carbocycles. The second kappa shape index (κ2) is 8.88. The van der Waals surface area contributed by atoms with Crippen LogP contribution < -0.4 is 5.73 Å². The van der Waals surface area contributed by atoms with Gasteiger partial charge in [0, 0.05) is 25.7 Å². The number of benzene rings is 1. The van der Waals surface area contributed by atoms with Crippen LogP contribution in [0.1, 0.15) is 24.9 Å². The van der Waals surface area contributed by atoms with Gasteiger partial charge in [0.05, 0.1) is 10.6 Å². The fourth-order valence-electron chi connectivity index (χ4n) is 2.44. The molecule has 4 nitrogen and oxygen atoms in total. The second-order valence-corrected chi connectivity index (χ2v) is 7.28. The van der Waals surface area contributed by atoms with Gasteiger partial charge < -0.3 is 5.73 Å². The van der Waals surface area contributed by atoms with E-state index in [1.54, 1.807) is 12.1 Å². The number of hydrogen-bond donors (Lipinski definition) is 1. The van der Waals surface area contributed by atoms with E-state index >= 15 is 0 Å². The molecule has 0 saturated heterocycles. The molecular formula is C17H26N2O2S. The van der Waals surface area contributed by atoms with E-state index in [0.29, 0.717) is 31.0 Å². The summed E-state index contributed by atoms with van der Waals surface area (Å²) in [5.74, 6) is 0.172. The average Bonchev–Trinajstić information content (AvgIpc) is 2.49. The molecule has 5 heteroatoms. The van der Waals surface area contributed by atoms with Crippen LogP contribution in [-0.2, 0) is 9.84 Å². The van der Waals surface area contributed by atoms with Crippen LogP contribution in [0.25, 0.3) is 0 Å². The lowest BCUT2D eigenvalue weighted by atomic mass is 10.1. The predicted octanol–water partition coefficient (Wildman–Crippen LogP) is 2.54. The quantitative estimate of drug-likeness (QED) is 0.672. The molecule has 0 aliphatic rings. The first-order valence-corrected chi connectivity index (χ1v) is 9.14. The van der Waals surface area contributed by atoms with Gasteiger partial charge in [0.1, 0.15) is 0 Å². The lowest BCUT2D eigenvalue weighted by Gasteiger charge is -2.29. The van der Waals surface area contributed by atoms with Gasteiger partial charge in [-0.05, 0) is 24.1 Å². The SMILES string of the molecule is C=CCN(CC=C)C(CN)c1ccc(S(=O)(=O)CCC)cc1. The first-order chi connectivity index (χ1) is 10.5. The first kappa shape index (κ1) is 18.6. The van der Waals surface area contributed by atoms with E-state index in [1.807, 2.05) is 31.2 Å². The van der Waals surface area contributed by atoms with Crippen LogP contribution in [-0.4, -0.2) is 38.7 Å². The molecule has 1 rings (SSSR count). The minimum Gasteiger partial charge on any atom is -0.329 e. The first-order valence-electron chi connectivity index (χ1n) is 7.48. The molecule has 0 aromatic heterocycles. The molecule has 1 unspecified atom stereocenters. The van der Waals surface area contributed by atoms with Gasteiger partial charge >= 0.3 is 0 Å². The van der Waals surface area contributed by atoms with Crippen LogP contribution in [0.15, 0.2) is 54.5 Å². The summed E-state index contributed by atoms with van der Waals surface area (Å²) < 4.78 is 24.1. The van der Waals surface area contributed by atoms with E-state index in [1.165, 1.54) is 0 Å². The van der Waals surface area contributed by atoms with Crippen molar-refractivity contribution < 1.29 is 8.42 Å². The Hall–Kier alpha value is -1.43. The Bertz CT molecular complexity index is 569. The smallest absolute Gasteiger partial charge is 0.178 e. The van der Waals surface area contributed by atoms with Crippen molar-refractivity contribution in [2.24, 2.45) is 5.73 Å². The van der Waals surface area contributed by atoms with Crippen molar-refractivity contribution in [3.63, 3.8) is 0 Å². The Kier molecular flexibility index (Phi) is 7.51. The number of hydrogen-bond acceptors (Lipinski definition) is 4. The van der Waals surface area contributed by atoms with Gasteiger partial charge in [-0.15, -0.1) is 13.2 Å². The minimum atomic E-state index is -3.18. The monoisotopic (exact) mass is 322 g/mol. The summed E-state index contributed by atoms with van der Waals surface area (Å²) in [6, 6.07) is 7.05. The standard InChI is InChI=1S/C17H26N2O2S/c1-4-11-19(12-5-2)17(14-18)15-7-9-16(10-8-15)22(20,21)13-6-3/h4-5,7-10,17H,1-2,6,11-14,18H2,3H3. The lowest BCUT2D eigenvalue weighted by Crippen LogP contribution is -2.34. The maximum atomic E-state index is 12.1. The summed E-state index contributed by atoms with van der Waals surface area (Å²) in [4.78, 5) is 2.52. The minimum absolute atomic E-state index is 0.0129. The summed E-state index contributed by atoms with van der Waals surface area (Å²) in [6.07, 6.45) is 4.26. The maximum Gasteiger partial charge on any atom is 0.178 e. The van der Waals surface area contributed by atoms with Gasteiger partial charge in [0.2, 0.25) is 0 Å². The summed E-state index contributed by atoms with van der Waals surface area (Å²) in [6.45, 7) is 11.2. The van der Waals surface area contributed by atoms with Crippen LogP contribution >= 0.6 is 0 Å². The fourth-order valence-corrected chi connectivity index (χ4v) is 3.76. The molecule has 122 valence electrons. The molecule has 0 spiro atoms. The third kappa shape index (κ3) is 4.80. The Morgan fingerprint density at radius 3 is 2.14 bits per heavy atom. The van der Waals surface area contributed by atoms with Crippen molar-refractivity contribution in [1.29, 1.82) is 0 Å². The van der Waals surface area contributed by atoms with Crippen molar-refractivity contribution in [1.82, 2.24) is 4.90 Å². The zero-order valence-electron chi connectivity index (χ0n) is 13.2. The number of rotatable bonds is 10.